The van der Waals surface area contributed by atoms with Gasteiger partial charge in [-0.2, -0.15) is 0 Å². The fourth-order valence-corrected chi connectivity index (χ4v) is 2.95. The summed E-state index contributed by atoms with van der Waals surface area (Å²) >= 11 is 0. The molecule has 2 aliphatic heterocycles. The zero-order chi connectivity index (χ0) is 13.9. The lowest BCUT2D eigenvalue weighted by Gasteiger charge is -2.22. The van der Waals surface area contributed by atoms with Gasteiger partial charge in [-0.3, -0.25) is 9.59 Å². The van der Waals surface area contributed by atoms with Crippen LogP contribution in [0.3, 0.4) is 0 Å². The minimum absolute atomic E-state index is 0.0485. The monoisotopic (exact) mass is 281 g/mol. The van der Waals surface area contributed by atoms with Crippen LogP contribution in [0.4, 0.5) is 0 Å². The molecule has 0 bridgehead atoms. The van der Waals surface area contributed by atoms with Gasteiger partial charge in [-0.25, -0.2) is 0 Å². The first kappa shape index (κ1) is 13.9. The molecule has 112 valence electrons. The third-order valence-corrected chi connectivity index (χ3v) is 4.41. The topological polar surface area (TPSA) is 55.8 Å². The Morgan fingerprint density at radius 3 is 2.85 bits per heavy atom. The van der Waals surface area contributed by atoms with Gasteiger partial charge in [-0.05, 0) is 38.0 Å². The highest BCUT2D eigenvalue weighted by atomic mass is 16.6. The minimum Gasteiger partial charge on any atom is -0.463 e. The first-order valence-electron chi connectivity index (χ1n) is 7.78. The van der Waals surface area contributed by atoms with Gasteiger partial charge >= 0.3 is 5.97 Å². The number of hydrogen-bond acceptors (Lipinski definition) is 4. The van der Waals surface area contributed by atoms with E-state index in [1.807, 2.05) is 4.90 Å². The van der Waals surface area contributed by atoms with Gasteiger partial charge in [0.1, 0.15) is 6.61 Å². The van der Waals surface area contributed by atoms with Crippen LogP contribution in [0.5, 0.6) is 0 Å². The Hall–Kier alpha value is -1.10. The first-order chi connectivity index (χ1) is 9.72. The van der Waals surface area contributed by atoms with Crippen LogP contribution in [0.25, 0.3) is 0 Å². The van der Waals surface area contributed by atoms with Crippen LogP contribution in [0.15, 0.2) is 0 Å². The predicted octanol–water partition coefficient (Wildman–Crippen LogP) is 1.36. The second kappa shape index (κ2) is 6.12. The number of hydrogen-bond donors (Lipinski definition) is 0. The van der Waals surface area contributed by atoms with Crippen molar-refractivity contribution in [2.45, 2.75) is 44.6 Å². The molecule has 5 nitrogen and oxygen atoms in total. The number of amides is 1. The van der Waals surface area contributed by atoms with Crippen LogP contribution in [0.1, 0.15) is 38.5 Å². The Kier molecular flexibility index (Phi) is 4.24. The van der Waals surface area contributed by atoms with E-state index in [2.05, 4.69) is 0 Å². The highest BCUT2D eigenvalue weighted by Crippen LogP contribution is 2.32. The third kappa shape index (κ3) is 3.51. The molecule has 3 rings (SSSR count). The lowest BCUT2D eigenvalue weighted by Crippen LogP contribution is -2.30. The van der Waals surface area contributed by atoms with Gasteiger partial charge in [0.05, 0.1) is 12.0 Å². The van der Waals surface area contributed by atoms with Crippen LogP contribution in [0.2, 0.25) is 0 Å². The molecule has 5 heteroatoms. The molecule has 2 heterocycles. The molecular weight excluding hydrogens is 258 g/mol. The van der Waals surface area contributed by atoms with E-state index in [1.54, 1.807) is 0 Å². The normalized spacial score (nSPS) is 30.6. The summed E-state index contributed by atoms with van der Waals surface area (Å²) in [4.78, 5) is 25.7. The second-order valence-corrected chi connectivity index (χ2v) is 6.26. The van der Waals surface area contributed by atoms with Gasteiger partial charge in [-0.1, -0.05) is 0 Å². The largest absolute Gasteiger partial charge is 0.463 e. The van der Waals surface area contributed by atoms with Gasteiger partial charge in [0.15, 0.2) is 0 Å². The van der Waals surface area contributed by atoms with Crippen molar-refractivity contribution in [2.75, 3.05) is 26.3 Å². The second-order valence-electron chi connectivity index (χ2n) is 6.26. The third-order valence-electron chi connectivity index (χ3n) is 4.41. The highest BCUT2D eigenvalue weighted by Gasteiger charge is 2.38. The van der Waals surface area contributed by atoms with Crippen molar-refractivity contribution in [1.29, 1.82) is 0 Å². The van der Waals surface area contributed by atoms with Crippen molar-refractivity contribution in [3.8, 4) is 0 Å². The zero-order valence-electron chi connectivity index (χ0n) is 11.9. The smallest absolute Gasteiger partial charge is 0.311 e. The fourth-order valence-electron chi connectivity index (χ4n) is 2.95. The molecule has 1 aliphatic carbocycles. The summed E-state index contributed by atoms with van der Waals surface area (Å²) in [6.07, 6.45) is 6.00. The number of rotatable bonds is 5. The van der Waals surface area contributed by atoms with Crippen molar-refractivity contribution in [3.05, 3.63) is 0 Å². The van der Waals surface area contributed by atoms with Crippen LogP contribution < -0.4 is 0 Å². The zero-order valence-corrected chi connectivity index (χ0v) is 11.9. The molecule has 0 radical (unpaired) electrons. The van der Waals surface area contributed by atoms with Gasteiger partial charge in [0.25, 0.3) is 0 Å². The predicted molar refractivity (Wildman–Crippen MR) is 72.0 cm³/mol. The molecule has 0 aromatic rings. The van der Waals surface area contributed by atoms with Gasteiger partial charge < -0.3 is 14.4 Å². The number of ether oxygens (including phenoxy) is 2. The average Bonchev–Trinajstić information content (AvgIpc) is 3.21. The summed E-state index contributed by atoms with van der Waals surface area (Å²) in [5, 5.41) is 0. The van der Waals surface area contributed by atoms with Crippen LogP contribution in [0, 0.1) is 11.8 Å². The van der Waals surface area contributed by atoms with E-state index in [0.717, 1.165) is 32.4 Å². The Balaban J connectivity index is 1.41. The van der Waals surface area contributed by atoms with Crippen molar-refractivity contribution < 1.29 is 19.1 Å². The molecule has 1 amide bonds. The maximum atomic E-state index is 12.0. The van der Waals surface area contributed by atoms with Gasteiger partial charge in [0, 0.05) is 26.1 Å². The van der Waals surface area contributed by atoms with Crippen molar-refractivity contribution in [3.63, 3.8) is 0 Å². The number of nitrogens with zero attached hydrogens (tertiary/aromatic N) is 1. The molecular formula is C15H23NO4. The summed E-state index contributed by atoms with van der Waals surface area (Å²) in [6, 6.07) is 0. The van der Waals surface area contributed by atoms with Crippen molar-refractivity contribution >= 4 is 11.9 Å². The molecule has 0 aromatic heterocycles. The van der Waals surface area contributed by atoms with E-state index < -0.39 is 0 Å². The van der Waals surface area contributed by atoms with E-state index in [4.69, 9.17) is 9.47 Å². The summed E-state index contributed by atoms with van der Waals surface area (Å²) in [5.41, 5.74) is 0. The van der Waals surface area contributed by atoms with Crippen molar-refractivity contribution in [1.82, 2.24) is 4.90 Å². The van der Waals surface area contributed by atoms with Crippen LogP contribution in [-0.2, 0) is 19.1 Å². The molecule has 2 atom stereocenters. The average molecular weight is 281 g/mol. The van der Waals surface area contributed by atoms with E-state index in [1.165, 1.54) is 12.8 Å². The number of carbonyl (C=O) groups excluding carboxylic acids is 2. The molecule has 0 aromatic carbocycles. The highest BCUT2D eigenvalue weighted by molar-refractivity contribution is 5.86. The Bertz CT molecular complexity index is 374. The molecule has 0 N–H and O–H groups in total. The number of carbonyl (C=O) groups is 2. The van der Waals surface area contributed by atoms with E-state index >= 15 is 0 Å². The molecule has 2 saturated heterocycles. The molecule has 1 saturated carbocycles. The number of likely N-dealkylation sites (tertiary alicyclic amines) is 1. The van der Waals surface area contributed by atoms with Gasteiger partial charge in [0.2, 0.25) is 5.91 Å². The van der Waals surface area contributed by atoms with Gasteiger partial charge in [-0.15, -0.1) is 0 Å². The molecule has 0 spiro atoms. The fraction of sp³-hybridized carbons (Fsp3) is 0.867. The quantitative estimate of drug-likeness (QED) is 0.714. The first-order valence-corrected chi connectivity index (χ1v) is 7.78. The Labute approximate surface area is 119 Å². The minimum atomic E-state index is -0.273. The summed E-state index contributed by atoms with van der Waals surface area (Å²) < 4.78 is 10.9. The van der Waals surface area contributed by atoms with Crippen LogP contribution >= 0.6 is 0 Å². The molecule has 20 heavy (non-hydrogen) atoms. The Morgan fingerprint density at radius 1 is 1.30 bits per heavy atom. The summed E-state index contributed by atoms with van der Waals surface area (Å²) in [6.45, 7) is 2.47. The van der Waals surface area contributed by atoms with E-state index in [9.17, 15) is 9.59 Å². The SMILES string of the molecule is O=C(OC[C@H]1CCCCO1)[C@H]1CC(=O)N(CC2CC2)C1. The number of esters is 1. The van der Waals surface area contributed by atoms with Crippen molar-refractivity contribution in [2.24, 2.45) is 11.8 Å². The summed E-state index contributed by atoms with van der Waals surface area (Å²) in [7, 11) is 0. The maximum absolute atomic E-state index is 12.0. The summed E-state index contributed by atoms with van der Waals surface area (Å²) in [5.74, 6) is 0.271. The van der Waals surface area contributed by atoms with E-state index in [0.29, 0.717) is 25.5 Å². The lowest BCUT2D eigenvalue weighted by atomic mass is 10.1. The standard InChI is InChI=1S/C15H23NO4/c17-14-7-12(9-16(14)8-11-4-5-11)15(18)20-10-13-3-1-2-6-19-13/h11-13H,1-10H2/t12-,13+/m0/s1. The van der Waals surface area contributed by atoms with E-state index in [-0.39, 0.29) is 23.9 Å². The van der Waals surface area contributed by atoms with Crippen LogP contribution in [-0.4, -0.2) is 49.2 Å². The lowest BCUT2D eigenvalue weighted by molar-refractivity contribution is -0.153. The Morgan fingerprint density at radius 2 is 2.15 bits per heavy atom. The molecule has 3 fully saturated rings. The molecule has 0 unspecified atom stereocenters. The molecule has 3 aliphatic rings. The maximum Gasteiger partial charge on any atom is 0.311 e.